The number of carbonyl (C=O) groups is 2. The number of nitrogens with zero attached hydrogens (tertiary/aromatic N) is 2. The summed E-state index contributed by atoms with van der Waals surface area (Å²) in [5, 5.41) is 8.71. The Morgan fingerprint density at radius 3 is 2.67 bits per heavy atom. The molecular formula is C11H10F2N2O3. The third-order valence-corrected chi connectivity index (χ3v) is 2.63. The molecule has 1 amide bonds. The summed E-state index contributed by atoms with van der Waals surface area (Å²) in [6.45, 7) is -0.521. The average Bonchev–Trinajstić information content (AvgIpc) is 3.12. The molecule has 1 saturated carbocycles. The number of pyridine rings is 1. The Hall–Kier alpha value is -2.05. The molecule has 0 saturated heterocycles. The summed E-state index contributed by atoms with van der Waals surface area (Å²) in [6, 6.07) is 0.835. The summed E-state index contributed by atoms with van der Waals surface area (Å²) in [6.07, 6.45) is 2.32. The molecule has 0 spiro atoms. The summed E-state index contributed by atoms with van der Waals surface area (Å²) < 4.78 is 26.3. The largest absolute Gasteiger partial charge is 0.480 e. The number of aromatic nitrogens is 1. The minimum atomic E-state index is -1.37. The minimum absolute atomic E-state index is 0.204. The van der Waals surface area contributed by atoms with Gasteiger partial charge in [0.2, 0.25) is 5.95 Å². The van der Waals surface area contributed by atoms with Gasteiger partial charge >= 0.3 is 5.97 Å². The zero-order valence-electron chi connectivity index (χ0n) is 9.27. The lowest BCUT2D eigenvalue weighted by Crippen LogP contribution is -2.38. The van der Waals surface area contributed by atoms with Gasteiger partial charge in [0.25, 0.3) is 5.91 Å². The molecule has 1 aliphatic carbocycles. The van der Waals surface area contributed by atoms with E-state index in [4.69, 9.17) is 5.11 Å². The molecule has 18 heavy (non-hydrogen) atoms. The maximum absolute atomic E-state index is 13.4. The van der Waals surface area contributed by atoms with Crippen molar-refractivity contribution < 1.29 is 23.5 Å². The van der Waals surface area contributed by atoms with Gasteiger partial charge in [0.05, 0.1) is 5.56 Å². The average molecular weight is 256 g/mol. The van der Waals surface area contributed by atoms with Crippen LogP contribution < -0.4 is 0 Å². The van der Waals surface area contributed by atoms with Crippen molar-refractivity contribution in [2.45, 2.75) is 18.9 Å². The summed E-state index contributed by atoms with van der Waals surface area (Å²) in [5.74, 6) is -4.73. The van der Waals surface area contributed by atoms with Gasteiger partial charge in [-0.2, -0.15) is 4.39 Å². The van der Waals surface area contributed by atoms with E-state index in [1.807, 2.05) is 0 Å². The third kappa shape index (κ3) is 2.44. The van der Waals surface area contributed by atoms with E-state index < -0.39 is 35.7 Å². The summed E-state index contributed by atoms with van der Waals surface area (Å²) in [7, 11) is 0. The van der Waals surface area contributed by atoms with Crippen LogP contribution in [0.25, 0.3) is 0 Å². The fourth-order valence-electron chi connectivity index (χ4n) is 1.64. The second-order valence-electron chi connectivity index (χ2n) is 4.02. The lowest BCUT2D eigenvalue weighted by atomic mass is 10.2. The Morgan fingerprint density at radius 1 is 1.44 bits per heavy atom. The topological polar surface area (TPSA) is 70.5 Å². The highest BCUT2D eigenvalue weighted by Gasteiger charge is 2.35. The van der Waals surface area contributed by atoms with E-state index in [1.165, 1.54) is 0 Å². The number of carbonyl (C=O) groups excluding carboxylic acids is 1. The van der Waals surface area contributed by atoms with Gasteiger partial charge in [-0.3, -0.25) is 9.59 Å². The molecule has 1 aromatic heterocycles. The Labute approximate surface area is 101 Å². The Bertz CT molecular complexity index is 503. The minimum Gasteiger partial charge on any atom is -0.480 e. The molecule has 1 heterocycles. The van der Waals surface area contributed by atoms with Crippen molar-refractivity contribution >= 4 is 11.9 Å². The molecule has 1 aliphatic rings. The first kappa shape index (κ1) is 12.4. The molecule has 0 bridgehead atoms. The first-order chi connectivity index (χ1) is 8.50. The standard InChI is InChI=1S/C11H10F2N2O3/c12-9-7(3-4-14-10(9)13)11(18)15(5-8(16)17)6-1-2-6/h3-4,6H,1-2,5H2,(H,16,17). The van der Waals surface area contributed by atoms with Crippen LogP contribution in [0.15, 0.2) is 12.3 Å². The zero-order chi connectivity index (χ0) is 13.3. The maximum Gasteiger partial charge on any atom is 0.323 e. The van der Waals surface area contributed by atoms with Crippen molar-refractivity contribution in [1.82, 2.24) is 9.88 Å². The zero-order valence-corrected chi connectivity index (χ0v) is 9.27. The number of amides is 1. The Morgan fingerprint density at radius 2 is 2.11 bits per heavy atom. The van der Waals surface area contributed by atoms with Crippen LogP contribution in [0.3, 0.4) is 0 Å². The predicted octanol–water partition coefficient (Wildman–Crippen LogP) is 1.05. The van der Waals surface area contributed by atoms with Gasteiger partial charge in [0, 0.05) is 12.2 Å². The summed E-state index contributed by atoms with van der Waals surface area (Å²) >= 11 is 0. The van der Waals surface area contributed by atoms with Crippen molar-refractivity contribution in [2.24, 2.45) is 0 Å². The van der Waals surface area contributed by atoms with Crippen LogP contribution in [0, 0.1) is 11.8 Å². The Kier molecular flexibility index (Phi) is 3.22. The number of halogens is 2. The van der Waals surface area contributed by atoms with Crippen molar-refractivity contribution in [3.8, 4) is 0 Å². The van der Waals surface area contributed by atoms with E-state index in [1.54, 1.807) is 0 Å². The van der Waals surface area contributed by atoms with Crippen LogP contribution in [0.5, 0.6) is 0 Å². The number of hydrogen-bond donors (Lipinski definition) is 1. The number of hydrogen-bond acceptors (Lipinski definition) is 3. The van der Waals surface area contributed by atoms with E-state index in [0.29, 0.717) is 12.8 Å². The number of carboxylic acid groups (broad SMARTS) is 1. The monoisotopic (exact) mass is 256 g/mol. The van der Waals surface area contributed by atoms with Crippen molar-refractivity contribution in [2.75, 3.05) is 6.54 Å². The molecular weight excluding hydrogens is 246 g/mol. The normalized spacial score (nSPS) is 14.3. The molecule has 0 aliphatic heterocycles. The lowest BCUT2D eigenvalue weighted by molar-refractivity contribution is -0.137. The highest BCUT2D eigenvalue weighted by atomic mass is 19.2. The van der Waals surface area contributed by atoms with Crippen LogP contribution >= 0.6 is 0 Å². The molecule has 0 atom stereocenters. The van der Waals surface area contributed by atoms with Gasteiger partial charge in [-0.05, 0) is 18.9 Å². The maximum atomic E-state index is 13.4. The van der Waals surface area contributed by atoms with E-state index in [-0.39, 0.29) is 6.04 Å². The quantitative estimate of drug-likeness (QED) is 0.817. The van der Waals surface area contributed by atoms with Gasteiger partial charge in [-0.15, -0.1) is 0 Å². The Balaban J connectivity index is 2.27. The van der Waals surface area contributed by atoms with Gasteiger partial charge in [-0.25, -0.2) is 9.37 Å². The number of rotatable bonds is 4. The molecule has 96 valence electrons. The van der Waals surface area contributed by atoms with Crippen LogP contribution in [-0.4, -0.2) is 39.5 Å². The van der Waals surface area contributed by atoms with E-state index in [0.717, 1.165) is 17.2 Å². The molecule has 1 aromatic rings. The SMILES string of the molecule is O=C(O)CN(C(=O)c1ccnc(F)c1F)C1CC1. The first-order valence-corrected chi connectivity index (χ1v) is 5.33. The van der Waals surface area contributed by atoms with E-state index in [9.17, 15) is 18.4 Å². The molecule has 2 rings (SSSR count). The molecule has 7 heteroatoms. The van der Waals surface area contributed by atoms with Gasteiger partial charge < -0.3 is 10.0 Å². The lowest BCUT2D eigenvalue weighted by Gasteiger charge is -2.20. The smallest absolute Gasteiger partial charge is 0.323 e. The molecule has 5 nitrogen and oxygen atoms in total. The van der Waals surface area contributed by atoms with Crippen molar-refractivity contribution in [3.63, 3.8) is 0 Å². The molecule has 1 fully saturated rings. The van der Waals surface area contributed by atoms with Crippen molar-refractivity contribution in [1.29, 1.82) is 0 Å². The summed E-state index contributed by atoms with van der Waals surface area (Å²) in [4.78, 5) is 26.7. The molecule has 0 radical (unpaired) electrons. The molecule has 1 N–H and O–H groups in total. The summed E-state index contributed by atoms with van der Waals surface area (Å²) in [5.41, 5.74) is -0.490. The fourth-order valence-corrected chi connectivity index (χ4v) is 1.64. The second-order valence-corrected chi connectivity index (χ2v) is 4.02. The highest BCUT2D eigenvalue weighted by molar-refractivity contribution is 5.96. The van der Waals surface area contributed by atoms with E-state index in [2.05, 4.69) is 4.98 Å². The van der Waals surface area contributed by atoms with Gasteiger partial charge in [0.15, 0.2) is 5.82 Å². The van der Waals surface area contributed by atoms with Gasteiger partial charge in [0.1, 0.15) is 6.54 Å². The van der Waals surface area contributed by atoms with Crippen LogP contribution in [-0.2, 0) is 4.79 Å². The highest BCUT2D eigenvalue weighted by Crippen LogP contribution is 2.28. The first-order valence-electron chi connectivity index (χ1n) is 5.33. The molecule has 0 unspecified atom stereocenters. The van der Waals surface area contributed by atoms with Gasteiger partial charge in [-0.1, -0.05) is 0 Å². The molecule has 0 aromatic carbocycles. The number of aliphatic carboxylic acids is 1. The van der Waals surface area contributed by atoms with Crippen LogP contribution in [0.2, 0.25) is 0 Å². The third-order valence-electron chi connectivity index (χ3n) is 2.63. The van der Waals surface area contributed by atoms with Crippen LogP contribution in [0.1, 0.15) is 23.2 Å². The second kappa shape index (κ2) is 4.67. The predicted molar refractivity (Wildman–Crippen MR) is 55.8 cm³/mol. The van der Waals surface area contributed by atoms with Crippen molar-refractivity contribution in [3.05, 3.63) is 29.6 Å². The number of carboxylic acids is 1. The van der Waals surface area contributed by atoms with E-state index >= 15 is 0 Å². The fraction of sp³-hybridized carbons (Fsp3) is 0.364. The van der Waals surface area contributed by atoms with Crippen LogP contribution in [0.4, 0.5) is 8.78 Å².